The van der Waals surface area contributed by atoms with Gasteiger partial charge in [0.1, 0.15) is 11.8 Å². The van der Waals surface area contributed by atoms with Gasteiger partial charge in [-0.25, -0.2) is 0 Å². The molecular formula is C16H23NO3S. The molecule has 0 aromatic heterocycles. The van der Waals surface area contributed by atoms with Crippen LogP contribution in [0.15, 0.2) is 30.3 Å². The molecule has 0 amide bonds. The van der Waals surface area contributed by atoms with E-state index in [4.69, 9.17) is 10.8 Å². The van der Waals surface area contributed by atoms with Crippen LogP contribution in [-0.2, 0) is 16.0 Å². The molecule has 0 saturated carbocycles. The molecule has 0 saturated heterocycles. The van der Waals surface area contributed by atoms with E-state index in [-0.39, 0.29) is 12.2 Å². The summed E-state index contributed by atoms with van der Waals surface area (Å²) in [6.07, 6.45) is 1.76. The van der Waals surface area contributed by atoms with E-state index in [9.17, 15) is 9.59 Å². The molecule has 1 rings (SSSR count). The number of ketones is 1. The number of carbonyl (C=O) groups is 2. The number of aliphatic carboxylic acids is 1. The normalized spacial score (nSPS) is 15.2. The first kappa shape index (κ1) is 17.7. The third-order valence-electron chi connectivity index (χ3n) is 3.88. The maximum Gasteiger partial charge on any atom is 0.320 e. The zero-order chi connectivity index (χ0) is 15.9. The molecule has 0 aliphatic rings. The lowest BCUT2D eigenvalue weighted by Crippen LogP contribution is -2.43. The Balaban J connectivity index is 2.89. The zero-order valence-electron chi connectivity index (χ0n) is 12.3. The second-order valence-electron chi connectivity index (χ2n) is 5.35. The van der Waals surface area contributed by atoms with Crippen molar-refractivity contribution in [3.63, 3.8) is 0 Å². The number of carboxylic acids is 1. The highest BCUT2D eigenvalue weighted by atomic mass is 32.1. The number of carboxylic acid groups (broad SMARTS) is 1. The Morgan fingerprint density at radius 3 is 2.43 bits per heavy atom. The third-order valence-corrected chi connectivity index (χ3v) is 4.48. The monoisotopic (exact) mass is 309 g/mol. The molecule has 116 valence electrons. The van der Waals surface area contributed by atoms with Gasteiger partial charge >= 0.3 is 5.97 Å². The number of carbonyl (C=O) groups excluding carboxylic acids is 1. The molecule has 4 nitrogen and oxygen atoms in total. The van der Waals surface area contributed by atoms with Crippen molar-refractivity contribution in [3.8, 4) is 0 Å². The first-order valence-electron chi connectivity index (χ1n) is 7.11. The van der Waals surface area contributed by atoms with Crippen molar-refractivity contribution in [1.29, 1.82) is 0 Å². The molecular weight excluding hydrogens is 286 g/mol. The van der Waals surface area contributed by atoms with Crippen LogP contribution in [0, 0.1) is 5.41 Å². The number of hydrogen-bond donors (Lipinski definition) is 3. The Kier molecular flexibility index (Phi) is 6.92. The summed E-state index contributed by atoms with van der Waals surface area (Å²) in [5.74, 6) is -0.733. The lowest BCUT2D eigenvalue weighted by atomic mass is 9.74. The first-order chi connectivity index (χ1) is 9.95. The second kappa shape index (κ2) is 8.20. The molecule has 5 heteroatoms. The first-order valence-corrected chi connectivity index (χ1v) is 7.75. The lowest BCUT2D eigenvalue weighted by Gasteiger charge is -2.32. The van der Waals surface area contributed by atoms with Crippen molar-refractivity contribution in [1.82, 2.24) is 0 Å². The van der Waals surface area contributed by atoms with Gasteiger partial charge in [0.2, 0.25) is 0 Å². The van der Waals surface area contributed by atoms with Gasteiger partial charge in [0.25, 0.3) is 0 Å². The van der Waals surface area contributed by atoms with Crippen LogP contribution in [0.4, 0.5) is 0 Å². The van der Waals surface area contributed by atoms with Crippen LogP contribution in [0.2, 0.25) is 0 Å². The number of nitrogens with two attached hydrogens (primary N) is 1. The number of Topliss-reactive ketones (excluding diaryl/α,β-unsaturated/α-hetero) is 1. The third kappa shape index (κ3) is 4.86. The molecule has 0 heterocycles. The molecule has 0 fully saturated rings. The Hall–Kier alpha value is -1.33. The van der Waals surface area contributed by atoms with E-state index < -0.39 is 17.4 Å². The SMILES string of the molecule is CCC(=O)C(CS)(CCc1ccccc1)C[C@H](N)C(=O)O. The fourth-order valence-corrected chi connectivity index (χ4v) is 2.96. The molecule has 1 aromatic rings. The van der Waals surface area contributed by atoms with Crippen molar-refractivity contribution in [3.05, 3.63) is 35.9 Å². The largest absolute Gasteiger partial charge is 0.480 e. The summed E-state index contributed by atoms with van der Waals surface area (Å²) in [7, 11) is 0. The van der Waals surface area contributed by atoms with E-state index in [0.717, 1.165) is 5.56 Å². The molecule has 1 unspecified atom stereocenters. The molecule has 2 atom stereocenters. The van der Waals surface area contributed by atoms with Crippen LogP contribution in [0.3, 0.4) is 0 Å². The molecule has 1 aromatic carbocycles. The van der Waals surface area contributed by atoms with Gasteiger partial charge in [0.05, 0.1) is 0 Å². The topological polar surface area (TPSA) is 80.4 Å². The Morgan fingerprint density at radius 1 is 1.33 bits per heavy atom. The van der Waals surface area contributed by atoms with E-state index in [1.165, 1.54) is 0 Å². The highest BCUT2D eigenvalue weighted by Gasteiger charge is 2.38. The van der Waals surface area contributed by atoms with E-state index in [1.807, 2.05) is 30.3 Å². The van der Waals surface area contributed by atoms with Gasteiger partial charge in [0, 0.05) is 17.6 Å². The van der Waals surface area contributed by atoms with Gasteiger partial charge < -0.3 is 10.8 Å². The maximum atomic E-state index is 12.3. The second-order valence-corrected chi connectivity index (χ2v) is 5.67. The van der Waals surface area contributed by atoms with Crippen molar-refractivity contribution in [2.75, 3.05) is 5.75 Å². The lowest BCUT2D eigenvalue weighted by molar-refractivity contribution is -0.140. The van der Waals surface area contributed by atoms with Crippen LogP contribution >= 0.6 is 12.6 Å². The van der Waals surface area contributed by atoms with Gasteiger partial charge in [-0.15, -0.1) is 0 Å². The molecule has 0 bridgehead atoms. The highest BCUT2D eigenvalue weighted by molar-refractivity contribution is 7.80. The van der Waals surface area contributed by atoms with Gasteiger partial charge in [-0.3, -0.25) is 9.59 Å². The molecule has 0 radical (unpaired) electrons. The van der Waals surface area contributed by atoms with Crippen LogP contribution in [0.5, 0.6) is 0 Å². The molecule has 0 aliphatic heterocycles. The van der Waals surface area contributed by atoms with E-state index in [1.54, 1.807) is 6.92 Å². The summed E-state index contributed by atoms with van der Waals surface area (Å²) in [5, 5.41) is 9.02. The zero-order valence-corrected chi connectivity index (χ0v) is 13.2. The Bertz CT molecular complexity index is 478. The number of hydrogen-bond acceptors (Lipinski definition) is 4. The quantitative estimate of drug-likeness (QED) is 0.612. The summed E-state index contributed by atoms with van der Waals surface area (Å²) in [6.45, 7) is 1.79. The molecule has 0 spiro atoms. The van der Waals surface area contributed by atoms with Crippen molar-refractivity contribution < 1.29 is 14.7 Å². The molecule has 0 aliphatic carbocycles. The average molecular weight is 309 g/mol. The van der Waals surface area contributed by atoms with Crippen LogP contribution in [-0.4, -0.2) is 28.7 Å². The van der Waals surface area contributed by atoms with Crippen LogP contribution in [0.25, 0.3) is 0 Å². The molecule has 3 N–H and O–H groups in total. The fourth-order valence-electron chi connectivity index (χ4n) is 2.50. The van der Waals surface area contributed by atoms with Crippen LogP contribution < -0.4 is 5.73 Å². The summed E-state index contributed by atoms with van der Waals surface area (Å²) in [4.78, 5) is 23.4. The van der Waals surface area contributed by atoms with Crippen molar-refractivity contribution in [2.45, 2.75) is 38.6 Å². The summed E-state index contributed by atoms with van der Waals surface area (Å²) in [5.41, 5.74) is 6.00. The number of aryl methyl sites for hydroxylation is 1. The van der Waals surface area contributed by atoms with Gasteiger partial charge in [0.15, 0.2) is 0 Å². The van der Waals surface area contributed by atoms with Gasteiger partial charge in [-0.2, -0.15) is 12.6 Å². The maximum absolute atomic E-state index is 12.3. The predicted molar refractivity (Wildman–Crippen MR) is 86.6 cm³/mol. The minimum atomic E-state index is -1.08. The minimum absolute atomic E-state index is 0.0325. The van der Waals surface area contributed by atoms with Crippen molar-refractivity contribution >= 4 is 24.4 Å². The minimum Gasteiger partial charge on any atom is -0.480 e. The number of benzene rings is 1. The fraction of sp³-hybridized carbons (Fsp3) is 0.500. The van der Waals surface area contributed by atoms with Gasteiger partial charge in [-0.05, 0) is 24.8 Å². The van der Waals surface area contributed by atoms with Crippen LogP contribution in [0.1, 0.15) is 31.7 Å². The average Bonchev–Trinajstić information content (AvgIpc) is 2.51. The molecule has 21 heavy (non-hydrogen) atoms. The van der Waals surface area contributed by atoms with E-state index >= 15 is 0 Å². The van der Waals surface area contributed by atoms with E-state index in [0.29, 0.717) is 25.0 Å². The smallest absolute Gasteiger partial charge is 0.320 e. The Labute approximate surface area is 131 Å². The standard InChI is InChI=1S/C16H23NO3S/c1-2-14(18)16(11-21,10-13(17)15(19)20)9-8-12-6-4-3-5-7-12/h3-7,13,21H,2,8-11,17H2,1H3,(H,19,20)/t13-,16?/m0/s1. The van der Waals surface area contributed by atoms with Gasteiger partial charge in [-0.1, -0.05) is 37.3 Å². The summed E-state index contributed by atoms with van der Waals surface area (Å²) in [6, 6.07) is 8.79. The number of thiol groups is 1. The Morgan fingerprint density at radius 2 is 1.95 bits per heavy atom. The summed E-state index contributed by atoms with van der Waals surface area (Å²) >= 11 is 4.31. The number of rotatable bonds is 9. The summed E-state index contributed by atoms with van der Waals surface area (Å²) < 4.78 is 0. The van der Waals surface area contributed by atoms with Crippen molar-refractivity contribution in [2.24, 2.45) is 11.1 Å². The highest BCUT2D eigenvalue weighted by Crippen LogP contribution is 2.33. The van der Waals surface area contributed by atoms with E-state index in [2.05, 4.69) is 12.6 Å². The predicted octanol–water partition coefficient (Wildman–Crippen LogP) is 2.32.